The van der Waals surface area contributed by atoms with E-state index in [0.717, 1.165) is 30.2 Å². The molecule has 0 aromatic heterocycles. The second-order valence-electron chi connectivity index (χ2n) is 7.03. The molecule has 2 aliphatic rings. The number of nitrogens with one attached hydrogen (secondary N) is 2. The number of hydrogen-bond donors (Lipinski definition) is 2. The van der Waals surface area contributed by atoms with E-state index in [-0.39, 0.29) is 29.9 Å². The van der Waals surface area contributed by atoms with Gasteiger partial charge >= 0.3 is 0 Å². The van der Waals surface area contributed by atoms with Gasteiger partial charge in [0, 0.05) is 35.7 Å². The number of carbonyl (C=O) groups excluding carboxylic acids is 2. The first-order chi connectivity index (χ1) is 12.1. The Kier molecular flexibility index (Phi) is 6.12. The molecular weight excluding hydrogens is 384 g/mol. The molecule has 5 nitrogen and oxygen atoms in total. The number of halogens is 1. The van der Waals surface area contributed by atoms with Crippen LogP contribution in [0.25, 0.3) is 0 Å². The van der Waals surface area contributed by atoms with Crippen molar-refractivity contribution in [1.82, 2.24) is 10.6 Å². The second kappa shape index (κ2) is 8.32. The van der Waals surface area contributed by atoms with E-state index in [0.29, 0.717) is 24.4 Å². The fourth-order valence-electron chi connectivity index (χ4n) is 3.95. The standard InChI is InChI=1S/C19H25BrN2O3/c1-25-16-7-4-13-10-14(19(24)22-17(13)11-16)8-9-21-18(23)12-2-5-15(20)6-3-12/h2-3,5-6,13-14,16-17H,4,7-11H2,1H3,(H,21,23)(H,22,24). The summed E-state index contributed by atoms with van der Waals surface area (Å²) in [5.41, 5.74) is 0.634. The van der Waals surface area contributed by atoms with Crippen LogP contribution < -0.4 is 10.6 Å². The van der Waals surface area contributed by atoms with Crippen molar-refractivity contribution in [2.75, 3.05) is 13.7 Å². The van der Waals surface area contributed by atoms with Crippen LogP contribution in [-0.2, 0) is 9.53 Å². The molecular formula is C19H25BrN2O3. The highest BCUT2D eigenvalue weighted by Gasteiger charge is 2.39. The molecule has 1 aromatic carbocycles. The first-order valence-corrected chi connectivity index (χ1v) is 9.73. The number of rotatable bonds is 5. The third-order valence-corrected chi connectivity index (χ3v) is 5.98. The van der Waals surface area contributed by atoms with E-state index in [2.05, 4.69) is 26.6 Å². The van der Waals surface area contributed by atoms with Crippen LogP contribution in [0.15, 0.2) is 28.7 Å². The van der Waals surface area contributed by atoms with E-state index < -0.39 is 0 Å². The molecule has 2 N–H and O–H groups in total. The molecule has 6 heteroatoms. The lowest BCUT2D eigenvalue weighted by Gasteiger charge is -2.41. The minimum absolute atomic E-state index is 0.00874. The molecule has 1 saturated heterocycles. The first kappa shape index (κ1) is 18.4. The van der Waals surface area contributed by atoms with Crippen molar-refractivity contribution >= 4 is 27.7 Å². The summed E-state index contributed by atoms with van der Waals surface area (Å²) in [4.78, 5) is 24.5. The van der Waals surface area contributed by atoms with Gasteiger partial charge in [0.2, 0.25) is 5.91 Å². The third kappa shape index (κ3) is 4.61. The van der Waals surface area contributed by atoms with Gasteiger partial charge in [-0.3, -0.25) is 9.59 Å². The lowest BCUT2D eigenvalue weighted by atomic mass is 9.74. The number of piperidine rings is 1. The molecule has 4 unspecified atom stereocenters. The fourth-order valence-corrected chi connectivity index (χ4v) is 4.22. The fraction of sp³-hybridized carbons (Fsp3) is 0.579. The maximum absolute atomic E-state index is 12.4. The van der Waals surface area contributed by atoms with E-state index in [4.69, 9.17) is 4.74 Å². The van der Waals surface area contributed by atoms with E-state index in [1.165, 1.54) is 0 Å². The van der Waals surface area contributed by atoms with Gasteiger partial charge < -0.3 is 15.4 Å². The van der Waals surface area contributed by atoms with Crippen LogP contribution in [0, 0.1) is 11.8 Å². The quantitative estimate of drug-likeness (QED) is 0.786. The van der Waals surface area contributed by atoms with Crippen molar-refractivity contribution in [1.29, 1.82) is 0 Å². The normalized spacial score (nSPS) is 28.8. The maximum atomic E-state index is 12.4. The molecule has 4 atom stereocenters. The van der Waals surface area contributed by atoms with Crippen molar-refractivity contribution in [3.63, 3.8) is 0 Å². The van der Waals surface area contributed by atoms with Gasteiger partial charge in [-0.25, -0.2) is 0 Å². The van der Waals surface area contributed by atoms with Crippen molar-refractivity contribution in [3.05, 3.63) is 34.3 Å². The van der Waals surface area contributed by atoms with Crippen molar-refractivity contribution in [2.24, 2.45) is 11.8 Å². The second-order valence-corrected chi connectivity index (χ2v) is 7.95. The third-order valence-electron chi connectivity index (χ3n) is 5.45. The highest BCUT2D eigenvalue weighted by atomic mass is 79.9. The Balaban J connectivity index is 1.46. The average Bonchev–Trinajstić information content (AvgIpc) is 2.62. The van der Waals surface area contributed by atoms with Gasteiger partial charge in [-0.15, -0.1) is 0 Å². The Morgan fingerprint density at radius 2 is 2.04 bits per heavy atom. The summed E-state index contributed by atoms with van der Waals surface area (Å²) in [6, 6.07) is 7.51. The smallest absolute Gasteiger partial charge is 0.251 e. The minimum atomic E-state index is -0.0952. The predicted molar refractivity (Wildman–Crippen MR) is 99.3 cm³/mol. The molecule has 2 fully saturated rings. The SMILES string of the molecule is COC1CCC2CC(CCNC(=O)c3ccc(Br)cc3)C(=O)NC2C1. The summed E-state index contributed by atoms with van der Waals surface area (Å²) < 4.78 is 6.39. The van der Waals surface area contributed by atoms with Gasteiger partial charge in [0.15, 0.2) is 0 Å². The van der Waals surface area contributed by atoms with Gasteiger partial charge in [0.05, 0.1) is 6.10 Å². The Hall–Kier alpha value is -1.40. The molecule has 0 bridgehead atoms. The van der Waals surface area contributed by atoms with Crippen LogP contribution in [0.2, 0.25) is 0 Å². The van der Waals surface area contributed by atoms with Gasteiger partial charge in [-0.05, 0) is 62.3 Å². The first-order valence-electron chi connectivity index (χ1n) is 8.93. The van der Waals surface area contributed by atoms with Crippen LogP contribution >= 0.6 is 15.9 Å². The zero-order valence-corrected chi connectivity index (χ0v) is 16.1. The monoisotopic (exact) mass is 408 g/mol. The van der Waals surface area contributed by atoms with Gasteiger partial charge in [0.1, 0.15) is 0 Å². The Morgan fingerprint density at radius 3 is 2.76 bits per heavy atom. The van der Waals surface area contributed by atoms with Gasteiger partial charge in [-0.2, -0.15) is 0 Å². The summed E-state index contributed by atoms with van der Waals surface area (Å²) in [7, 11) is 1.74. The highest BCUT2D eigenvalue weighted by molar-refractivity contribution is 9.10. The highest BCUT2D eigenvalue weighted by Crippen LogP contribution is 2.35. The summed E-state index contributed by atoms with van der Waals surface area (Å²) >= 11 is 3.36. The summed E-state index contributed by atoms with van der Waals surface area (Å²) in [6.07, 6.45) is 4.96. The summed E-state index contributed by atoms with van der Waals surface area (Å²) in [5, 5.41) is 6.09. The van der Waals surface area contributed by atoms with Crippen LogP contribution in [0.5, 0.6) is 0 Å². The largest absolute Gasteiger partial charge is 0.381 e. The van der Waals surface area contributed by atoms with Crippen LogP contribution in [0.4, 0.5) is 0 Å². The van der Waals surface area contributed by atoms with E-state index in [1.54, 1.807) is 19.2 Å². The van der Waals surface area contributed by atoms with E-state index in [1.807, 2.05) is 12.1 Å². The predicted octanol–water partition coefficient (Wildman–Crippen LogP) is 2.89. The average molecular weight is 409 g/mol. The summed E-state index contributed by atoms with van der Waals surface area (Å²) in [5.74, 6) is 0.555. The van der Waals surface area contributed by atoms with Crippen molar-refractivity contribution < 1.29 is 14.3 Å². The van der Waals surface area contributed by atoms with Crippen LogP contribution in [0.1, 0.15) is 42.5 Å². The van der Waals surface area contributed by atoms with E-state index >= 15 is 0 Å². The van der Waals surface area contributed by atoms with Crippen molar-refractivity contribution in [3.8, 4) is 0 Å². The molecule has 1 heterocycles. The molecule has 0 radical (unpaired) electrons. The number of amides is 2. The van der Waals surface area contributed by atoms with E-state index in [9.17, 15) is 9.59 Å². The molecule has 136 valence electrons. The van der Waals surface area contributed by atoms with Crippen LogP contribution in [-0.4, -0.2) is 37.6 Å². The summed E-state index contributed by atoms with van der Waals surface area (Å²) in [6.45, 7) is 0.519. The molecule has 0 spiro atoms. The number of ether oxygens (including phenoxy) is 1. The molecule has 2 amide bonds. The lowest BCUT2D eigenvalue weighted by molar-refractivity contribution is -0.131. The topological polar surface area (TPSA) is 67.4 Å². The minimum Gasteiger partial charge on any atom is -0.381 e. The zero-order valence-electron chi connectivity index (χ0n) is 14.5. The Bertz CT molecular complexity index is 620. The molecule has 3 rings (SSSR count). The molecule has 1 aromatic rings. The van der Waals surface area contributed by atoms with Crippen LogP contribution in [0.3, 0.4) is 0 Å². The number of hydrogen-bond acceptors (Lipinski definition) is 3. The van der Waals surface area contributed by atoms with Crippen molar-refractivity contribution in [2.45, 2.75) is 44.2 Å². The number of fused-ring (bicyclic) bond motifs is 1. The molecule has 1 aliphatic carbocycles. The van der Waals surface area contributed by atoms with Gasteiger partial charge in [0.25, 0.3) is 5.91 Å². The number of benzene rings is 1. The zero-order chi connectivity index (χ0) is 17.8. The number of carbonyl (C=O) groups is 2. The lowest BCUT2D eigenvalue weighted by Crippen LogP contribution is -2.53. The van der Waals surface area contributed by atoms with Gasteiger partial charge in [-0.1, -0.05) is 15.9 Å². The number of methoxy groups -OCH3 is 1. The maximum Gasteiger partial charge on any atom is 0.251 e. The molecule has 1 saturated carbocycles. The molecule has 25 heavy (non-hydrogen) atoms. The molecule has 1 aliphatic heterocycles. The Morgan fingerprint density at radius 1 is 1.28 bits per heavy atom. The Labute approximate surface area is 157 Å².